The number of carbonyl (C=O) groups excluding carboxylic acids is 1. The lowest BCUT2D eigenvalue weighted by atomic mass is 10.1. The highest BCUT2D eigenvalue weighted by atomic mass is 16.5. The van der Waals surface area contributed by atoms with Gasteiger partial charge in [-0.2, -0.15) is 0 Å². The number of amides is 1. The summed E-state index contributed by atoms with van der Waals surface area (Å²) in [6, 6.07) is 9.04. The van der Waals surface area contributed by atoms with Crippen LogP contribution >= 0.6 is 0 Å². The molecule has 1 amide bonds. The smallest absolute Gasteiger partial charge is 0.258 e. The van der Waals surface area contributed by atoms with Crippen LogP contribution < -0.4 is 0 Å². The Bertz CT molecular complexity index is 697. The van der Waals surface area contributed by atoms with Crippen LogP contribution in [0.15, 0.2) is 42.7 Å². The van der Waals surface area contributed by atoms with Gasteiger partial charge in [-0.3, -0.25) is 9.78 Å². The van der Waals surface area contributed by atoms with E-state index in [0.29, 0.717) is 24.2 Å². The molecule has 3 rings (SSSR count). The predicted octanol–water partition coefficient (Wildman–Crippen LogP) is 2.92. The Morgan fingerprint density at radius 1 is 1.33 bits per heavy atom. The molecule has 1 N–H and O–H groups in total. The topological polar surface area (TPSA) is 62.7 Å². The number of phenols is 1. The molecule has 1 aromatic heterocycles. The molecular formula is C19H22N2O3. The van der Waals surface area contributed by atoms with Gasteiger partial charge in [-0.1, -0.05) is 12.1 Å². The molecule has 0 bridgehead atoms. The van der Waals surface area contributed by atoms with E-state index in [1.807, 2.05) is 12.1 Å². The van der Waals surface area contributed by atoms with Crippen LogP contribution in [-0.4, -0.2) is 40.2 Å². The molecule has 24 heavy (non-hydrogen) atoms. The quantitative estimate of drug-likeness (QED) is 0.917. The van der Waals surface area contributed by atoms with Crippen molar-refractivity contribution in [2.45, 2.75) is 32.4 Å². The average molecular weight is 326 g/mol. The van der Waals surface area contributed by atoms with E-state index < -0.39 is 0 Å². The molecule has 1 aromatic carbocycles. The van der Waals surface area contributed by atoms with Gasteiger partial charge in [-0.15, -0.1) is 0 Å². The fourth-order valence-electron chi connectivity index (χ4n) is 2.96. The zero-order valence-electron chi connectivity index (χ0n) is 13.8. The van der Waals surface area contributed by atoms with Crippen LogP contribution in [0.1, 0.15) is 34.3 Å². The standard InChI is InChI=1S/C19H22N2O3/c1-14-4-2-6-17(18(14)22)19(23)21(13-16-5-3-11-24-16)12-15-7-9-20-10-8-15/h2,4,6-10,16,22H,3,5,11-13H2,1H3. The van der Waals surface area contributed by atoms with Gasteiger partial charge < -0.3 is 14.7 Å². The molecule has 2 aromatic rings. The number of rotatable bonds is 5. The highest BCUT2D eigenvalue weighted by Gasteiger charge is 2.25. The third-order valence-electron chi connectivity index (χ3n) is 4.33. The fraction of sp³-hybridized carbons (Fsp3) is 0.368. The minimum atomic E-state index is -0.177. The van der Waals surface area contributed by atoms with E-state index in [2.05, 4.69) is 4.98 Å². The van der Waals surface area contributed by atoms with E-state index in [0.717, 1.165) is 25.0 Å². The number of ether oxygens (including phenoxy) is 1. The van der Waals surface area contributed by atoms with Crippen molar-refractivity contribution in [2.75, 3.05) is 13.2 Å². The molecule has 0 aliphatic carbocycles. The van der Waals surface area contributed by atoms with E-state index in [4.69, 9.17) is 4.74 Å². The third-order valence-corrected chi connectivity index (χ3v) is 4.33. The monoisotopic (exact) mass is 326 g/mol. The zero-order chi connectivity index (χ0) is 16.9. The molecule has 1 saturated heterocycles. The number of pyridine rings is 1. The average Bonchev–Trinajstić information content (AvgIpc) is 3.10. The van der Waals surface area contributed by atoms with E-state index >= 15 is 0 Å². The number of aromatic nitrogens is 1. The lowest BCUT2D eigenvalue weighted by Gasteiger charge is -2.26. The maximum absolute atomic E-state index is 13.0. The summed E-state index contributed by atoms with van der Waals surface area (Å²) in [6.45, 7) is 3.53. The van der Waals surface area contributed by atoms with Crippen LogP contribution in [-0.2, 0) is 11.3 Å². The summed E-state index contributed by atoms with van der Waals surface area (Å²) in [5.74, 6) is -0.127. The number of para-hydroxylation sites is 1. The minimum absolute atomic E-state index is 0.0505. The lowest BCUT2D eigenvalue weighted by molar-refractivity contribution is 0.0505. The summed E-state index contributed by atoms with van der Waals surface area (Å²) < 4.78 is 5.69. The van der Waals surface area contributed by atoms with Gasteiger partial charge in [0, 0.05) is 32.1 Å². The van der Waals surface area contributed by atoms with Crippen LogP contribution in [0.5, 0.6) is 5.75 Å². The molecule has 0 saturated carbocycles. The Kier molecular flexibility index (Phi) is 5.11. The van der Waals surface area contributed by atoms with Gasteiger partial charge in [0.2, 0.25) is 0 Å². The van der Waals surface area contributed by atoms with E-state index in [1.165, 1.54) is 0 Å². The first-order valence-electron chi connectivity index (χ1n) is 8.23. The lowest BCUT2D eigenvalue weighted by Crippen LogP contribution is -2.37. The van der Waals surface area contributed by atoms with Crippen molar-refractivity contribution in [3.8, 4) is 5.75 Å². The molecule has 5 nitrogen and oxygen atoms in total. The van der Waals surface area contributed by atoms with Gasteiger partial charge in [0.15, 0.2) is 0 Å². The van der Waals surface area contributed by atoms with Crippen LogP contribution in [0.4, 0.5) is 0 Å². The van der Waals surface area contributed by atoms with Gasteiger partial charge in [-0.25, -0.2) is 0 Å². The first-order valence-corrected chi connectivity index (χ1v) is 8.23. The molecule has 2 heterocycles. The zero-order valence-corrected chi connectivity index (χ0v) is 13.8. The van der Waals surface area contributed by atoms with Crippen LogP contribution in [0, 0.1) is 6.92 Å². The Hall–Kier alpha value is -2.40. The number of hydrogen-bond donors (Lipinski definition) is 1. The molecule has 1 aliphatic rings. The summed E-state index contributed by atoms with van der Waals surface area (Å²) >= 11 is 0. The summed E-state index contributed by atoms with van der Waals surface area (Å²) in [5.41, 5.74) is 2.03. The molecular weight excluding hydrogens is 304 g/mol. The minimum Gasteiger partial charge on any atom is -0.507 e. The molecule has 0 radical (unpaired) electrons. The van der Waals surface area contributed by atoms with Gasteiger partial charge in [0.25, 0.3) is 5.91 Å². The van der Waals surface area contributed by atoms with Crippen molar-refractivity contribution in [3.05, 3.63) is 59.4 Å². The summed E-state index contributed by atoms with van der Waals surface area (Å²) in [5, 5.41) is 10.3. The number of phenolic OH excluding ortho intramolecular Hbond substituents is 1. The molecule has 1 atom stereocenters. The largest absolute Gasteiger partial charge is 0.507 e. The molecule has 1 aliphatic heterocycles. The van der Waals surface area contributed by atoms with Crippen LogP contribution in [0.3, 0.4) is 0 Å². The Labute approximate surface area is 141 Å². The Balaban J connectivity index is 1.84. The number of nitrogens with zero attached hydrogens (tertiary/aromatic N) is 2. The number of carbonyl (C=O) groups is 1. The van der Waals surface area contributed by atoms with Gasteiger partial charge in [0.1, 0.15) is 5.75 Å². The Morgan fingerprint density at radius 3 is 2.83 bits per heavy atom. The number of aryl methyl sites for hydroxylation is 1. The van der Waals surface area contributed by atoms with Crippen molar-refractivity contribution in [3.63, 3.8) is 0 Å². The molecule has 1 unspecified atom stereocenters. The number of benzene rings is 1. The second kappa shape index (κ2) is 7.45. The molecule has 1 fully saturated rings. The van der Waals surface area contributed by atoms with Crippen molar-refractivity contribution in [1.82, 2.24) is 9.88 Å². The number of hydrogen-bond acceptors (Lipinski definition) is 4. The van der Waals surface area contributed by atoms with Gasteiger partial charge in [-0.05, 0) is 49.1 Å². The fourth-order valence-corrected chi connectivity index (χ4v) is 2.96. The normalized spacial score (nSPS) is 17.0. The molecule has 126 valence electrons. The maximum Gasteiger partial charge on any atom is 0.258 e. The van der Waals surface area contributed by atoms with Crippen molar-refractivity contribution < 1.29 is 14.6 Å². The van der Waals surface area contributed by atoms with Crippen molar-refractivity contribution in [1.29, 1.82) is 0 Å². The maximum atomic E-state index is 13.0. The van der Waals surface area contributed by atoms with Crippen LogP contribution in [0.25, 0.3) is 0 Å². The SMILES string of the molecule is Cc1cccc(C(=O)N(Cc2ccncc2)CC2CCCO2)c1O. The third kappa shape index (κ3) is 3.74. The second-order valence-corrected chi connectivity index (χ2v) is 6.15. The molecule has 0 spiro atoms. The van der Waals surface area contributed by atoms with Gasteiger partial charge >= 0.3 is 0 Å². The summed E-state index contributed by atoms with van der Waals surface area (Å²) in [4.78, 5) is 18.8. The Morgan fingerprint density at radius 2 is 2.12 bits per heavy atom. The van der Waals surface area contributed by atoms with Gasteiger partial charge in [0.05, 0.1) is 11.7 Å². The second-order valence-electron chi connectivity index (χ2n) is 6.15. The number of aromatic hydroxyl groups is 1. The van der Waals surface area contributed by atoms with Crippen molar-refractivity contribution in [2.24, 2.45) is 0 Å². The highest BCUT2D eigenvalue weighted by Crippen LogP contribution is 2.24. The van der Waals surface area contributed by atoms with Crippen molar-refractivity contribution >= 4 is 5.91 Å². The van der Waals surface area contributed by atoms with Crippen LogP contribution in [0.2, 0.25) is 0 Å². The highest BCUT2D eigenvalue weighted by molar-refractivity contribution is 5.97. The molecule has 5 heteroatoms. The summed E-state index contributed by atoms with van der Waals surface area (Å²) in [6.07, 6.45) is 5.47. The summed E-state index contributed by atoms with van der Waals surface area (Å²) in [7, 11) is 0. The van der Waals surface area contributed by atoms with E-state index in [-0.39, 0.29) is 17.8 Å². The first-order chi connectivity index (χ1) is 11.6. The van der Waals surface area contributed by atoms with E-state index in [1.54, 1.807) is 42.4 Å². The van der Waals surface area contributed by atoms with E-state index in [9.17, 15) is 9.90 Å². The predicted molar refractivity (Wildman–Crippen MR) is 90.8 cm³/mol. The first kappa shape index (κ1) is 16.5.